The van der Waals surface area contributed by atoms with Gasteiger partial charge in [-0.05, 0) is 18.9 Å². The zero-order valence-electron chi connectivity index (χ0n) is 10.5. The maximum absolute atomic E-state index is 6.25. The van der Waals surface area contributed by atoms with Crippen molar-refractivity contribution in [2.45, 2.75) is 35.9 Å². The Balaban J connectivity index is 2.25. The standard InChI is InChI=1S/C13H17N3S2/c1-3-11(14)12(18-13-16-15-8-17-13)10-6-4-5-9(2)7-10/h4-8,11-12H,3,14H2,1-2H3. The first-order valence-corrected chi connectivity index (χ1v) is 7.71. The molecule has 1 aromatic heterocycles. The van der Waals surface area contributed by atoms with E-state index in [1.165, 1.54) is 11.1 Å². The number of thioether (sulfide) groups is 1. The third-order valence-electron chi connectivity index (χ3n) is 2.80. The SMILES string of the molecule is CCC(N)C(Sc1nncs1)c1cccc(C)c1. The molecule has 2 N–H and O–H groups in total. The molecule has 0 saturated carbocycles. The monoisotopic (exact) mass is 279 g/mol. The quantitative estimate of drug-likeness (QED) is 0.852. The smallest absolute Gasteiger partial charge is 0.174 e. The minimum absolute atomic E-state index is 0.126. The zero-order chi connectivity index (χ0) is 13.0. The van der Waals surface area contributed by atoms with Crippen LogP contribution in [0.15, 0.2) is 34.1 Å². The van der Waals surface area contributed by atoms with Crippen LogP contribution in [0.25, 0.3) is 0 Å². The second-order valence-electron chi connectivity index (χ2n) is 4.23. The molecule has 0 fully saturated rings. The molecule has 5 heteroatoms. The van der Waals surface area contributed by atoms with Crippen molar-refractivity contribution in [3.8, 4) is 0 Å². The Labute approximate surface area is 116 Å². The number of benzene rings is 1. The molecule has 96 valence electrons. The molecule has 2 unspecified atom stereocenters. The fraction of sp³-hybridized carbons (Fsp3) is 0.385. The molecule has 1 heterocycles. The normalized spacial score (nSPS) is 14.4. The van der Waals surface area contributed by atoms with Crippen LogP contribution >= 0.6 is 23.1 Å². The Morgan fingerprint density at radius 1 is 1.44 bits per heavy atom. The van der Waals surface area contributed by atoms with Gasteiger partial charge in [-0.25, -0.2) is 0 Å². The van der Waals surface area contributed by atoms with Crippen molar-refractivity contribution in [3.63, 3.8) is 0 Å². The fourth-order valence-corrected chi connectivity index (χ4v) is 3.69. The van der Waals surface area contributed by atoms with Gasteiger partial charge in [-0.3, -0.25) is 0 Å². The highest BCUT2D eigenvalue weighted by molar-refractivity contribution is 8.01. The predicted octanol–water partition coefficient (Wildman–Crippen LogP) is 3.42. The average molecular weight is 279 g/mol. The zero-order valence-corrected chi connectivity index (χ0v) is 12.2. The molecule has 2 aromatic rings. The molecule has 0 aliphatic heterocycles. The summed E-state index contributed by atoms with van der Waals surface area (Å²) in [7, 11) is 0. The molecule has 0 amide bonds. The van der Waals surface area contributed by atoms with E-state index in [1.807, 2.05) is 0 Å². The van der Waals surface area contributed by atoms with Crippen molar-refractivity contribution < 1.29 is 0 Å². The van der Waals surface area contributed by atoms with E-state index in [0.29, 0.717) is 0 Å². The average Bonchev–Trinajstić information content (AvgIpc) is 2.88. The fourth-order valence-electron chi connectivity index (χ4n) is 1.79. The minimum atomic E-state index is 0.126. The molecule has 3 nitrogen and oxygen atoms in total. The summed E-state index contributed by atoms with van der Waals surface area (Å²) in [5, 5.41) is 8.21. The second kappa shape index (κ2) is 6.31. The molecule has 0 spiro atoms. The van der Waals surface area contributed by atoms with Gasteiger partial charge in [0.05, 0.1) is 5.25 Å². The van der Waals surface area contributed by atoms with Gasteiger partial charge in [0.25, 0.3) is 0 Å². The first kappa shape index (κ1) is 13.5. The summed E-state index contributed by atoms with van der Waals surface area (Å²) in [4.78, 5) is 0. The van der Waals surface area contributed by atoms with Crippen molar-refractivity contribution in [2.24, 2.45) is 5.73 Å². The van der Waals surface area contributed by atoms with Crippen LogP contribution in [-0.4, -0.2) is 16.2 Å². The van der Waals surface area contributed by atoms with Crippen LogP contribution in [0.3, 0.4) is 0 Å². The first-order valence-electron chi connectivity index (χ1n) is 5.95. The van der Waals surface area contributed by atoms with Crippen molar-refractivity contribution in [1.82, 2.24) is 10.2 Å². The van der Waals surface area contributed by atoms with Gasteiger partial charge in [-0.2, -0.15) is 0 Å². The molecule has 2 rings (SSSR count). The maximum Gasteiger partial charge on any atom is 0.174 e. The first-order chi connectivity index (χ1) is 8.70. The van der Waals surface area contributed by atoms with Gasteiger partial charge < -0.3 is 5.73 Å². The van der Waals surface area contributed by atoms with Crippen molar-refractivity contribution in [2.75, 3.05) is 0 Å². The summed E-state index contributed by atoms with van der Waals surface area (Å²) in [5.74, 6) is 0. The highest BCUT2D eigenvalue weighted by Gasteiger charge is 2.21. The van der Waals surface area contributed by atoms with Crippen LogP contribution in [-0.2, 0) is 0 Å². The lowest BCUT2D eigenvalue weighted by Gasteiger charge is -2.22. The van der Waals surface area contributed by atoms with Crippen LogP contribution < -0.4 is 5.73 Å². The number of nitrogens with two attached hydrogens (primary N) is 1. The van der Waals surface area contributed by atoms with E-state index >= 15 is 0 Å². The highest BCUT2D eigenvalue weighted by Crippen LogP contribution is 2.38. The Kier molecular flexibility index (Phi) is 4.74. The topological polar surface area (TPSA) is 51.8 Å². The van der Waals surface area contributed by atoms with Crippen molar-refractivity contribution >= 4 is 23.1 Å². The van der Waals surface area contributed by atoms with Crippen molar-refractivity contribution in [3.05, 3.63) is 40.9 Å². The van der Waals surface area contributed by atoms with Crippen LogP contribution in [0.1, 0.15) is 29.7 Å². The minimum Gasteiger partial charge on any atom is -0.326 e. The van der Waals surface area contributed by atoms with Gasteiger partial charge in [0, 0.05) is 6.04 Å². The largest absolute Gasteiger partial charge is 0.326 e. The maximum atomic E-state index is 6.25. The predicted molar refractivity (Wildman–Crippen MR) is 78.0 cm³/mol. The summed E-state index contributed by atoms with van der Waals surface area (Å²) in [6.07, 6.45) is 0.949. The van der Waals surface area contributed by atoms with Crippen LogP contribution in [0, 0.1) is 6.92 Å². The van der Waals surface area contributed by atoms with Gasteiger partial charge in [0.2, 0.25) is 0 Å². The third kappa shape index (κ3) is 3.31. The lowest BCUT2D eigenvalue weighted by molar-refractivity contribution is 0.633. The molecule has 1 aromatic carbocycles. The highest BCUT2D eigenvalue weighted by atomic mass is 32.2. The van der Waals surface area contributed by atoms with E-state index in [2.05, 4.69) is 48.3 Å². The number of aryl methyl sites for hydroxylation is 1. The summed E-state index contributed by atoms with van der Waals surface area (Å²) < 4.78 is 0.977. The Morgan fingerprint density at radius 2 is 2.28 bits per heavy atom. The van der Waals surface area contributed by atoms with Gasteiger partial charge >= 0.3 is 0 Å². The van der Waals surface area contributed by atoms with Crippen LogP contribution in [0.5, 0.6) is 0 Å². The van der Waals surface area contributed by atoms with E-state index in [1.54, 1.807) is 28.6 Å². The summed E-state index contributed by atoms with van der Waals surface area (Å²) in [5.41, 5.74) is 10.5. The molecule has 0 radical (unpaired) electrons. The molecule has 0 aliphatic carbocycles. The molecular formula is C13H17N3S2. The summed E-state index contributed by atoms with van der Waals surface area (Å²) in [6.45, 7) is 4.22. The Hall–Kier alpha value is -0.910. The molecule has 0 aliphatic rings. The van der Waals surface area contributed by atoms with E-state index in [9.17, 15) is 0 Å². The Bertz CT molecular complexity index is 485. The van der Waals surface area contributed by atoms with E-state index in [4.69, 9.17) is 5.73 Å². The number of hydrogen-bond acceptors (Lipinski definition) is 5. The van der Waals surface area contributed by atoms with Crippen molar-refractivity contribution in [1.29, 1.82) is 0 Å². The number of nitrogens with zero attached hydrogens (tertiary/aromatic N) is 2. The van der Waals surface area contributed by atoms with Crippen LogP contribution in [0.4, 0.5) is 0 Å². The number of rotatable bonds is 5. The van der Waals surface area contributed by atoms with E-state index < -0.39 is 0 Å². The number of hydrogen-bond donors (Lipinski definition) is 1. The third-order valence-corrected chi connectivity index (χ3v) is 5.02. The van der Waals surface area contributed by atoms with Gasteiger partial charge in [0.1, 0.15) is 5.51 Å². The second-order valence-corrected chi connectivity index (χ2v) is 6.45. The van der Waals surface area contributed by atoms with E-state index in [0.717, 1.165) is 10.8 Å². The molecular weight excluding hydrogens is 262 g/mol. The molecule has 0 bridgehead atoms. The van der Waals surface area contributed by atoms with Gasteiger partial charge in [-0.15, -0.1) is 10.2 Å². The van der Waals surface area contributed by atoms with Gasteiger partial charge in [-0.1, -0.05) is 59.9 Å². The molecule has 2 atom stereocenters. The lowest BCUT2D eigenvalue weighted by Crippen LogP contribution is -2.25. The molecule has 0 saturated heterocycles. The number of aromatic nitrogens is 2. The summed E-state index contributed by atoms with van der Waals surface area (Å²) >= 11 is 3.27. The van der Waals surface area contributed by atoms with Gasteiger partial charge in [0.15, 0.2) is 4.34 Å². The van der Waals surface area contributed by atoms with E-state index in [-0.39, 0.29) is 11.3 Å². The summed E-state index contributed by atoms with van der Waals surface area (Å²) in [6, 6.07) is 8.66. The van der Waals surface area contributed by atoms with Crippen LogP contribution in [0.2, 0.25) is 0 Å². The molecule has 18 heavy (non-hydrogen) atoms. The Morgan fingerprint density at radius 3 is 2.89 bits per heavy atom. The lowest BCUT2D eigenvalue weighted by atomic mass is 10.0.